The Labute approximate surface area is 120 Å². The highest BCUT2D eigenvalue weighted by atomic mass is 79.9. The SMILES string of the molecule is CC(C)(C)C1CC(=O)N(CC2(CBr)CCCC2)C1. The van der Waals surface area contributed by atoms with Crippen LogP contribution in [-0.2, 0) is 4.79 Å². The number of hydrogen-bond acceptors (Lipinski definition) is 1. The summed E-state index contributed by atoms with van der Waals surface area (Å²) < 4.78 is 0. The van der Waals surface area contributed by atoms with Crippen LogP contribution in [0.4, 0.5) is 0 Å². The van der Waals surface area contributed by atoms with Gasteiger partial charge in [0.25, 0.3) is 0 Å². The maximum absolute atomic E-state index is 12.2. The van der Waals surface area contributed by atoms with Gasteiger partial charge in [0.2, 0.25) is 5.91 Å². The van der Waals surface area contributed by atoms with Crippen molar-refractivity contribution in [3.8, 4) is 0 Å². The second-order valence-corrected chi connectivity index (χ2v) is 7.94. The lowest BCUT2D eigenvalue weighted by molar-refractivity contribution is -0.129. The number of likely N-dealkylation sites (tertiary alicyclic amines) is 1. The third-order valence-corrected chi connectivity index (χ3v) is 6.10. The predicted molar refractivity (Wildman–Crippen MR) is 78.8 cm³/mol. The van der Waals surface area contributed by atoms with E-state index < -0.39 is 0 Å². The van der Waals surface area contributed by atoms with Crippen molar-refractivity contribution < 1.29 is 4.79 Å². The van der Waals surface area contributed by atoms with Gasteiger partial charge in [-0.15, -0.1) is 0 Å². The van der Waals surface area contributed by atoms with Crippen molar-refractivity contribution in [2.45, 2.75) is 52.9 Å². The lowest BCUT2D eigenvalue weighted by Crippen LogP contribution is -2.38. The first-order valence-electron chi connectivity index (χ1n) is 7.20. The quantitative estimate of drug-likeness (QED) is 0.725. The van der Waals surface area contributed by atoms with Crippen molar-refractivity contribution in [3.05, 3.63) is 0 Å². The first kappa shape index (κ1) is 14.4. The van der Waals surface area contributed by atoms with Crippen LogP contribution in [0, 0.1) is 16.7 Å². The Morgan fingerprint density at radius 1 is 1.33 bits per heavy atom. The number of nitrogens with zero attached hydrogens (tertiary/aromatic N) is 1. The summed E-state index contributed by atoms with van der Waals surface area (Å²) in [6.45, 7) is 8.71. The van der Waals surface area contributed by atoms with Crippen LogP contribution in [0.15, 0.2) is 0 Å². The minimum absolute atomic E-state index is 0.252. The van der Waals surface area contributed by atoms with E-state index in [1.807, 2.05) is 0 Å². The Kier molecular flexibility index (Phi) is 4.10. The summed E-state index contributed by atoms with van der Waals surface area (Å²) in [5, 5.41) is 1.05. The highest BCUT2D eigenvalue weighted by molar-refractivity contribution is 9.09. The Balaban J connectivity index is 2.00. The minimum Gasteiger partial charge on any atom is -0.342 e. The fourth-order valence-electron chi connectivity index (χ4n) is 3.37. The number of carbonyl (C=O) groups is 1. The molecule has 0 bridgehead atoms. The molecule has 2 aliphatic rings. The molecule has 0 aromatic heterocycles. The van der Waals surface area contributed by atoms with Gasteiger partial charge in [-0.05, 0) is 29.6 Å². The zero-order chi connectivity index (χ0) is 13.4. The smallest absolute Gasteiger partial charge is 0.222 e. The van der Waals surface area contributed by atoms with Crippen LogP contribution in [-0.4, -0.2) is 29.2 Å². The fraction of sp³-hybridized carbons (Fsp3) is 0.933. The number of carbonyl (C=O) groups excluding carboxylic acids is 1. The molecule has 1 saturated heterocycles. The average Bonchev–Trinajstić information content (AvgIpc) is 2.87. The minimum atomic E-state index is 0.252. The highest BCUT2D eigenvalue weighted by Gasteiger charge is 2.41. The number of alkyl halides is 1. The van der Waals surface area contributed by atoms with Crippen LogP contribution in [0.3, 0.4) is 0 Å². The molecule has 2 nitrogen and oxygen atoms in total. The van der Waals surface area contributed by atoms with Crippen molar-refractivity contribution in [1.82, 2.24) is 4.90 Å². The Bertz CT molecular complexity index is 315. The highest BCUT2D eigenvalue weighted by Crippen LogP contribution is 2.42. The van der Waals surface area contributed by atoms with Gasteiger partial charge in [0, 0.05) is 24.8 Å². The van der Waals surface area contributed by atoms with Gasteiger partial charge in [0.05, 0.1) is 0 Å². The molecule has 104 valence electrons. The van der Waals surface area contributed by atoms with Crippen molar-refractivity contribution in [2.24, 2.45) is 16.7 Å². The molecule has 1 heterocycles. The van der Waals surface area contributed by atoms with Gasteiger partial charge in [-0.2, -0.15) is 0 Å². The van der Waals surface area contributed by atoms with Crippen molar-refractivity contribution >= 4 is 21.8 Å². The summed E-state index contributed by atoms with van der Waals surface area (Å²) in [6, 6.07) is 0. The molecular formula is C15H26BrNO. The summed E-state index contributed by atoms with van der Waals surface area (Å²) in [5.74, 6) is 0.904. The van der Waals surface area contributed by atoms with E-state index in [0.717, 1.165) is 24.8 Å². The second kappa shape index (κ2) is 5.15. The Hall–Kier alpha value is -0.0500. The van der Waals surface area contributed by atoms with Crippen molar-refractivity contribution in [2.75, 3.05) is 18.4 Å². The van der Waals surface area contributed by atoms with E-state index >= 15 is 0 Å². The largest absolute Gasteiger partial charge is 0.342 e. The molecule has 0 aromatic carbocycles. The van der Waals surface area contributed by atoms with E-state index in [-0.39, 0.29) is 5.41 Å². The first-order valence-corrected chi connectivity index (χ1v) is 8.32. The normalized spacial score (nSPS) is 28.1. The first-order chi connectivity index (χ1) is 8.36. The molecule has 0 N–H and O–H groups in total. The number of amides is 1. The maximum atomic E-state index is 12.2. The molecule has 3 heteroatoms. The molecule has 1 saturated carbocycles. The van der Waals surface area contributed by atoms with Crippen LogP contribution in [0.2, 0.25) is 0 Å². The third-order valence-electron chi connectivity index (χ3n) is 4.91. The van der Waals surface area contributed by atoms with E-state index in [2.05, 4.69) is 41.6 Å². The molecule has 1 amide bonds. The molecule has 0 spiro atoms. The van der Waals surface area contributed by atoms with Gasteiger partial charge in [-0.1, -0.05) is 49.5 Å². The van der Waals surface area contributed by atoms with Gasteiger partial charge in [-0.25, -0.2) is 0 Å². The topological polar surface area (TPSA) is 20.3 Å². The average molecular weight is 316 g/mol. The summed E-state index contributed by atoms with van der Waals surface area (Å²) in [6.07, 6.45) is 5.97. The van der Waals surface area contributed by atoms with Crippen LogP contribution < -0.4 is 0 Å². The Morgan fingerprint density at radius 2 is 1.94 bits per heavy atom. The van der Waals surface area contributed by atoms with Gasteiger partial charge in [-0.3, -0.25) is 4.79 Å². The second-order valence-electron chi connectivity index (χ2n) is 7.38. The number of hydrogen-bond donors (Lipinski definition) is 0. The monoisotopic (exact) mass is 315 g/mol. The summed E-state index contributed by atoms with van der Waals surface area (Å²) in [4.78, 5) is 14.3. The maximum Gasteiger partial charge on any atom is 0.222 e. The zero-order valence-electron chi connectivity index (χ0n) is 12.0. The van der Waals surface area contributed by atoms with Crippen LogP contribution >= 0.6 is 15.9 Å². The Morgan fingerprint density at radius 3 is 2.39 bits per heavy atom. The van der Waals surface area contributed by atoms with Gasteiger partial charge < -0.3 is 4.90 Å². The van der Waals surface area contributed by atoms with Gasteiger partial charge in [0.1, 0.15) is 0 Å². The lowest BCUT2D eigenvalue weighted by Gasteiger charge is -2.33. The van der Waals surface area contributed by atoms with E-state index in [1.54, 1.807) is 0 Å². The summed E-state index contributed by atoms with van der Waals surface area (Å²) in [7, 11) is 0. The molecule has 2 fully saturated rings. The molecule has 18 heavy (non-hydrogen) atoms. The molecule has 1 atom stereocenters. The van der Waals surface area contributed by atoms with Gasteiger partial charge >= 0.3 is 0 Å². The predicted octanol–water partition coefficient (Wildman–Crippen LogP) is 3.84. The van der Waals surface area contributed by atoms with E-state index in [4.69, 9.17) is 0 Å². The molecule has 1 unspecified atom stereocenters. The van der Waals surface area contributed by atoms with E-state index in [0.29, 0.717) is 17.2 Å². The molecule has 1 aliphatic carbocycles. The van der Waals surface area contributed by atoms with Crippen molar-refractivity contribution in [1.29, 1.82) is 0 Å². The summed E-state index contributed by atoms with van der Waals surface area (Å²) in [5.41, 5.74) is 0.615. The van der Waals surface area contributed by atoms with Crippen LogP contribution in [0.25, 0.3) is 0 Å². The molecule has 1 aliphatic heterocycles. The standard InChI is InChI=1S/C15H26BrNO/c1-14(2,3)12-8-13(18)17(9-12)11-15(10-16)6-4-5-7-15/h12H,4-11H2,1-3H3. The van der Waals surface area contributed by atoms with Gasteiger partial charge in [0.15, 0.2) is 0 Å². The van der Waals surface area contributed by atoms with Crippen LogP contribution in [0.5, 0.6) is 0 Å². The molecule has 0 radical (unpaired) electrons. The van der Waals surface area contributed by atoms with E-state index in [1.165, 1.54) is 25.7 Å². The number of rotatable bonds is 3. The molecule has 0 aromatic rings. The third kappa shape index (κ3) is 2.92. The zero-order valence-corrected chi connectivity index (χ0v) is 13.6. The molecular weight excluding hydrogens is 290 g/mol. The lowest BCUT2D eigenvalue weighted by atomic mass is 9.80. The van der Waals surface area contributed by atoms with E-state index in [9.17, 15) is 4.79 Å². The molecule has 2 rings (SSSR count). The fourth-order valence-corrected chi connectivity index (χ4v) is 4.11. The van der Waals surface area contributed by atoms with Crippen LogP contribution in [0.1, 0.15) is 52.9 Å². The summed E-state index contributed by atoms with van der Waals surface area (Å²) >= 11 is 3.68. The number of halogens is 1. The van der Waals surface area contributed by atoms with Crippen molar-refractivity contribution in [3.63, 3.8) is 0 Å².